The van der Waals surface area contributed by atoms with Gasteiger partial charge in [-0.05, 0) is 27.2 Å². The minimum Gasteiger partial charge on any atom is -0.480 e. The molecule has 17 heavy (non-hydrogen) atoms. The summed E-state index contributed by atoms with van der Waals surface area (Å²) < 4.78 is 9.99. The molecule has 0 aliphatic heterocycles. The smallest absolute Gasteiger partial charge is 0.410 e. The molecule has 0 unspecified atom stereocenters. The third-order valence-corrected chi connectivity index (χ3v) is 1.71. The summed E-state index contributed by atoms with van der Waals surface area (Å²) in [5.74, 6) is -0.995. The first-order valence-corrected chi connectivity index (χ1v) is 5.46. The minimum absolute atomic E-state index is 0.305. The Hall–Kier alpha value is -1.30. The summed E-state index contributed by atoms with van der Waals surface area (Å²) in [6, 6.07) is 0. The van der Waals surface area contributed by atoms with E-state index in [1.165, 1.54) is 4.90 Å². The molecule has 0 radical (unpaired) electrons. The zero-order chi connectivity index (χ0) is 13.5. The summed E-state index contributed by atoms with van der Waals surface area (Å²) in [5.41, 5.74) is -0.509. The number of hydrogen-bond acceptors (Lipinski definition) is 4. The van der Waals surface area contributed by atoms with Crippen molar-refractivity contribution in [2.24, 2.45) is 0 Å². The summed E-state index contributed by atoms with van der Waals surface area (Å²) in [5, 5.41) is 8.33. The van der Waals surface area contributed by atoms with Crippen LogP contribution in [0.1, 0.15) is 27.2 Å². The number of rotatable bonds is 6. The maximum absolute atomic E-state index is 11.5. The van der Waals surface area contributed by atoms with Crippen LogP contribution in [0.4, 0.5) is 4.79 Å². The minimum atomic E-state index is -0.995. The molecule has 0 aromatic rings. The summed E-state index contributed by atoms with van der Waals surface area (Å²) in [4.78, 5) is 23.1. The molecule has 0 aliphatic rings. The highest BCUT2D eigenvalue weighted by molar-refractivity contribution is 5.68. The van der Waals surface area contributed by atoms with Gasteiger partial charge in [0.05, 0.1) is 0 Å². The van der Waals surface area contributed by atoms with Gasteiger partial charge in [-0.1, -0.05) is 0 Å². The van der Waals surface area contributed by atoms with E-state index in [4.69, 9.17) is 14.6 Å². The third-order valence-electron chi connectivity index (χ3n) is 1.71. The van der Waals surface area contributed by atoms with Crippen molar-refractivity contribution in [2.75, 3.05) is 26.8 Å². The van der Waals surface area contributed by atoms with Crippen LogP contribution in [0.5, 0.6) is 0 Å². The molecular weight excluding hydrogens is 226 g/mol. The largest absolute Gasteiger partial charge is 0.480 e. The molecule has 6 nitrogen and oxygen atoms in total. The van der Waals surface area contributed by atoms with E-state index < -0.39 is 17.7 Å². The van der Waals surface area contributed by atoms with Crippen molar-refractivity contribution >= 4 is 12.1 Å². The van der Waals surface area contributed by atoms with Crippen LogP contribution in [0.2, 0.25) is 0 Å². The Morgan fingerprint density at radius 3 is 2.35 bits per heavy atom. The van der Waals surface area contributed by atoms with Crippen LogP contribution in [-0.4, -0.2) is 54.5 Å². The lowest BCUT2D eigenvalue weighted by Gasteiger charge is -2.24. The fourth-order valence-electron chi connectivity index (χ4n) is 0.994. The van der Waals surface area contributed by atoms with Gasteiger partial charge < -0.3 is 19.5 Å². The average Bonchev–Trinajstić information content (AvgIpc) is 2.13. The Kier molecular flexibility index (Phi) is 6.57. The topological polar surface area (TPSA) is 76.1 Å². The fourth-order valence-corrected chi connectivity index (χ4v) is 0.994. The Balaban J connectivity index is 3.68. The van der Waals surface area contributed by atoms with Gasteiger partial charge in [0.2, 0.25) is 0 Å². The van der Waals surface area contributed by atoms with Crippen LogP contribution in [0.3, 0.4) is 0 Å². The molecule has 0 bridgehead atoms. The zero-order valence-corrected chi connectivity index (χ0v) is 10.9. The van der Waals surface area contributed by atoms with E-state index in [-0.39, 0.29) is 6.61 Å². The number of hydrogen-bond donors (Lipinski definition) is 1. The Morgan fingerprint density at radius 1 is 1.29 bits per heavy atom. The van der Waals surface area contributed by atoms with Crippen LogP contribution < -0.4 is 0 Å². The van der Waals surface area contributed by atoms with E-state index in [2.05, 4.69) is 0 Å². The third kappa shape index (κ3) is 9.62. The number of carboxylic acid groups (broad SMARTS) is 1. The highest BCUT2D eigenvalue weighted by Crippen LogP contribution is 2.09. The maximum atomic E-state index is 11.5. The lowest BCUT2D eigenvalue weighted by molar-refractivity contribution is -0.142. The summed E-state index contributed by atoms with van der Waals surface area (Å²) in [6.45, 7) is 5.86. The number of nitrogens with zero attached hydrogens (tertiary/aromatic N) is 1. The maximum Gasteiger partial charge on any atom is 0.410 e. The monoisotopic (exact) mass is 247 g/mol. The van der Waals surface area contributed by atoms with E-state index in [1.54, 1.807) is 27.8 Å². The molecule has 0 saturated carbocycles. The lowest BCUT2D eigenvalue weighted by Crippen LogP contribution is -2.35. The van der Waals surface area contributed by atoms with Gasteiger partial charge in [0.15, 0.2) is 0 Å². The van der Waals surface area contributed by atoms with Gasteiger partial charge in [0.25, 0.3) is 0 Å². The predicted octanol–water partition coefficient (Wildman–Crippen LogP) is 1.34. The van der Waals surface area contributed by atoms with Crippen molar-refractivity contribution in [2.45, 2.75) is 32.8 Å². The molecule has 0 fully saturated rings. The van der Waals surface area contributed by atoms with Crippen molar-refractivity contribution in [1.82, 2.24) is 4.90 Å². The fraction of sp³-hybridized carbons (Fsp3) is 0.818. The van der Waals surface area contributed by atoms with Crippen molar-refractivity contribution in [3.8, 4) is 0 Å². The molecule has 100 valence electrons. The van der Waals surface area contributed by atoms with Gasteiger partial charge in [-0.2, -0.15) is 0 Å². The zero-order valence-electron chi connectivity index (χ0n) is 10.9. The van der Waals surface area contributed by atoms with Gasteiger partial charge in [-0.3, -0.25) is 0 Å². The summed E-state index contributed by atoms with van der Waals surface area (Å²) in [7, 11) is 1.63. The number of carboxylic acids is 1. The molecule has 0 spiro atoms. The van der Waals surface area contributed by atoms with Crippen molar-refractivity contribution < 1.29 is 24.2 Å². The number of aliphatic carboxylic acids is 1. The lowest BCUT2D eigenvalue weighted by atomic mass is 10.2. The number of ether oxygens (including phenoxy) is 2. The van der Waals surface area contributed by atoms with Crippen LogP contribution in [-0.2, 0) is 14.3 Å². The molecule has 0 aliphatic carbocycles. The van der Waals surface area contributed by atoms with Gasteiger partial charge in [0.1, 0.15) is 12.2 Å². The standard InChI is InChI=1S/C11H21NO5/c1-11(2,3)17-10(15)12(4)6-5-7-16-8-9(13)14/h5-8H2,1-4H3,(H,13,14). The van der Waals surface area contributed by atoms with Crippen LogP contribution in [0.25, 0.3) is 0 Å². The molecule has 1 amide bonds. The molecule has 0 rings (SSSR count). The van der Waals surface area contributed by atoms with Crippen molar-refractivity contribution in [3.63, 3.8) is 0 Å². The number of carbonyl (C=O) groups excluding carboxylic acids is 1. The molecule has 6 heteroatoms. The first-order valence-electron chi connectivity index (χ1n) is 5.46. The van der Waals surface area contributed by atoms with E-state index in [0.717, 1.165) is 0 Å². The molecule has 1 N–H and O–H groups in total. The Bertz CT molecular complexity index is 259. The Labute approximate surface area is 101 Å². The summed E-state index contributed by atoms with van der Waals surface area (Å²) >= 11 is 0. The second kappa shape index (κ2) is 7.11. The van der Waals surface area contributed by atoms with E-state index in [1.807, 2.05) is 0 Å². The van der Waals surface area contributed by atoms with Crippen LogP contribution in [0.15, 0.2) is 0 Å². The molecular formula is C11H21NO5. The highest BCUT2D eigenvalue weighted by atomic mass is 16.6. The molecule has 0 saturated heterocycles. The molecule has 0 atom stereocenters. The van der Waals surface area contributed by atoms with Crippen LogP contribution in [0, 0.1) is 0 Å². The average molecular weight is 247 g/mol. The van der Waals surface area contributed by atoms with Gasteiger partial charge >= 0.3 is 12.1 Å². The quantitative estimate of drug-likeness (QED) is 0.717. The van der Waals surface area contributed by atoms with Gasteiger partial charge in [-0.25, -0.2) is 9.59 Å². The molecule has 0 aromatic heterocycles. The summed E-state index contributed by atoms with van der Waals surface area (Å²) in [6.07, 6.45) is 0.180. The van der Waals surface area contributed by atoms with Crippen molar-refractivity contribution in [1.29, 1.82) is 0 Å². The number of amides is 1. The second-order valence-corrected chi connectivity index (χ2v) is 4.70. The predicted molar refractivity (Wildman–Crippen MR) is 61.9 cm³/mol. The second-order valence-electron chi connectivity index (χ2n) is 4.70. The normalized spacial score (nSPS) is 11.1. The number of carbonyl (C=O) groups is 2. The van der Waals surface area contributed by atoms with Crippen LogP contribution >= 0.6 is 0 Å². The first-order chi connectivity index (χ1) is 7.72. The molecule has 0 aromatic carbocycles. The Morgan fingerprint density at radius 2 is 1.88 bits per heavy atom. The van der Waals surface area contributed by atoms with E-state index >= 15 is 0 Å². The SMILES string of the molecule is CN(CCCOCC(=O)O)C(=O)OC(C)(C)C. The highest BCUT2D eigenvalue weighted by Gasteiger charge is 2.18. The van der Waals surface area contributed by atoms with E-state index in [0.29, 0.717) is 19.6 Å². The van der Waals surface area contributed by atoms with Crippen molar-refractivity contribution in [3.05, 3.63) is 0 Å². The van der Waals surface area contributed by atoms with E-state index in [9.17, 15) is 9.59 Å². The van der Waals surface area contributed by atoms with Gasteiger partial charge in [-0.15, -0.1) is 0 Å². The molecule has 0 heterocycles. The van der Waals surface area contributed by atoms with Gasteiger partial charge in [0, 0.05) is 20.2 Å². The first kappa shape index (κ1) is 15.7.